The molecule has 1 saturated carbocycles. The monoisotopic (exact) mass is 412 g/mol. The van der Waals surface area contributed by atoms with E-state index in [-0.39, 0.29) is 16.7 Å². The highest BCUT2D eigenvalue weighted by atomic mass is 16.5. The lowest BCUT2D eigenvalue weighted by atomic mass is 9.45. The van der Waals surface area contributed by atoms with Crippen LogP contribution in [0.15, 0.2) is 23.8 Å². The second-order valence-electron chi connectivity index (χ2n) is 10.5. The van der Waals surface area contributed by atoms with Crippen molar-refractivity contribution in [2.45, 2.75) is 84.5 Å². The number of benzene rings is 1. The third-order valence-corrected chi connectivity index (χ3v) is 8.00. The Balaban J connectivity index is 2.00. The molecular formula is C27H40O3. The Hall–Kier alpha value is -1.77. The van der Waals surface area contributed by atoms with Crippen LogP contribution in [-0.4, -0.2) is 20.5 Å². The van der Waals surface area contributed by atoms with Gasteiger partial charge in [-0.2, -0.15) is 0 Å². The molecule has 4 rings (SSSR count). The van der Waals surface area contributed by atoms with Gasteiger partial charge in [-0.15, -0.1) is 0 Å². The smallest absolute Gasteiger partial charge is 0.146 e. The highest BCUT2D eigenvalue weighted by Crippen LogP contribution is 2.64. The minimum atomic E-state index is 0.0596. The number of carbonyl (C=O) groups excluding carboxylic acids is 1. The highest BCUT2D eigenvalue weighted by molar-refractivity contribution is 5.76. The Kier molecular flexibility index (Phi) is 6.69. The van der Waals surface area contributed by atoms with Crippen LogP contribution in [0.2, 0.25) is 0 Å². The van der Waals surface area contributed by atoms with Crippen LogP contribution in [-0.2, 0) is 10.2 Å². The molecule has 1 aromatic rings. The quantitative estimate of drug-likeness (QED) is 0.312. The molecule has 2 bridgehead atoms. The second kappa shape index (κ2) is 8.77. The maximum Gasteiger partial charge on any atom is 0.146 e. The van der Waals surface area contributed by atoms with Gasteiger partial charge in [-0.1, -0.05) is 66.4 Å². The minimum absolute atomic E-state index is 0.0596. The lowest BCUT2D eigenvalue weighted by Crippen LogP contribution is -2.51. The summed E-state index contributed by atoms with van der Waals surface area (Å²) in [5, 5.41) is 0. The van der Waals surface area contributed by atoms with Crippen LogP contribution < -0.4 is 9.47 Å². The number of hydrogen-bond acceptors (Lipinski definition) is 3. The molecule has 2 unspecified atom stereocenters. The number of ether oxygens (including phenoxy) is 2. The van der Waals surface area contributed by atoms with Gasteiger partial charge in [0.25, 0.3) is 0 Å². The molecule has 0 spiro atoms. The van der Waals surface area contributed by atoms with Crippen LogP contribution in [0.25, 0.3) is 0 Å². The molecule has 0 saturated heterocycles. The molecule has 0 heterocycles. The normalized spacial score (nSPS) is 24.6. The standard InChI is InChI=1S/C27H40O3/c1-8-9-10-11-12-26(2,3)19-14-23(29-6)25(24(15-19)30-7)20-13-18(17-28)21-16-22(20)27(21,4)5/h13-15,17,20-22H,8-12,16H2,1-7H3/t20-,21?,22?/m0/s1. The predicted molar refractivity (Wildman–Crippen MR) is 124 cm³/mol. The van der Waals surface area contributed by atoms with Gasteiger partial charge in [-0.3, -0.25) is 4.79 Å². The Morgan fingerprint density at radius 1 is 1.10 bits per heavy atom. The van der Waals surface area contributed by atoms with Gasteiger partial charge in [-0.25, -0.2) is 0 Å². The van der Waals surface area contributed by atoms with Crippen LogP contribution in [0, 0.1) is 17.3 Å². The number of unbranched alkanes of at least 4 members (excludes halogenated alkanes) is 3. The van der Waals surface area contributed by atoms with Gasteiger partial charge in [0.1, 0.15) is 17.8 Å². The first-order chi connectivity index (χ1) is 14.2. The number of rotatable bonds is 10. The third kappa shape index (κ3) is 3.92. The molecule has 166 valence electrons. The van der Waals surface area contributed by atoms with Crippen molar-refractivity contribution >= 4 is 6.29 Å². The summed E-state index contributed by atoms with van der Waals surface area (Å²) in [6, 6.07) is 4.42. The van der Waals surface area contributed by atoms with E-state index in [1.54, 1.807) is 14.2 Å². The summed E-state index contributed by atoms with van der Waals surface area (Å²) in [4.78, 5) is 11.8. The largest absolute Gasteiger partial charge is 0.496 e. The van der Waals surface area contributed by atoms with Crippen molar-refractivity contribution in [1.29, 1.82) is 0 Å². The number of methoxy groups -OCH3 is 2. The molecular weight excluding hydrogens is 372 g/mol. The molecule has 1 aromatic carbocycles. The number of hydrogen-bond donors (Lipinski definition) is 0. The summed E-state index contributed by atoms with van der Waals surface area (Å²) in [6.07, 6.45) is 10.5. The van der Waals surface area contributed by atoms with Gasteiger partial charge < -0.3 is 9.47 Å². The van der Waals surface area contributed by atoms with Crippen LogP contribution >= 0.6 is 0 Å². The number of allylic oxidation sites excluding steroid dienone is 2. The molecule has 1 fully saturated rings. The molecule has 0 amide bonds. The lowest BCUT2D eigenvalue weighted by molar-refractivity contribution is -0.108. The van der Waals surface area contributed by atoms with Crippen molar-refractivity contribution in [3.63, 3.8) is 0 Å². The number of aldehydes is 1. The Morgan fingerprint density at radius 2 is 1.73 bits per heavy atom. The van der Waals surface area contributed by atoms with E-state index in [9.17, 15) is 4.79 Å². The maximum absolute atomic E-state index is 11.8. The van der Waals surface area contributed by atoms with Gasteiger partial charge in [-0.05, 0) is 58.8 Å². The van der Waals surface area contributed by atoms with E-state index < -0.39 is 0 Å². The summed E-state index contributed by atoms with van der Waals surface area (Å²) >= 11 is 0. The Morgan fingerprint density at radius 3 is 2.23 bits per heavy atom. The molecule has 0 aliphatic heterocycles. The molecule has 3 nitrogen and oxygen atoms in total. The Labute approximate surface area is 183 Å². The van der Waals surface area contributed by atoms with E-state index in [4.69, 9.17) is 9.47 Å². The molecule has 3 aliphatic rings. The summed E-state index contributed by atoms with van der Waals surface area (Å²) in [5.41, 5.74) is 3.49. The van der Waals surface area contributed by atoms with Gasteiger partial charge in [0, 0.05) is 11.5 Å². The maximum atomic E-state index is 11.8. The zero-order chi connectivity index (χ0) is 22.1. The van der Waals surface area contributed by atoms with Crippen molar-refractivity contribution in [2.75, 3.05) is 14.2 Å². The van der Waals surface area contributed by atoms with Crippen molar-refractivity contribution in [1.82, 2.24) is 0 Å². The van der Waals surface area contributed by atoms with Crippen LogP contribution in [0.3, 0.4) is 0 Å². The van der Waals surface area contributed by atoms with E-state index in [0.29, 0.717) is 11.8 Å². The zero-order valence-electron chi connectivity index (χ0n) is 20.0. The van der Waals surface area contributed by atoms with E-state index in [2.05, 4.69) is 52.8 Å². The first-order valence-corrected chi connectivity index (χ1v) is 11.6. The van der Waals surface area contributed by atoms with E-state index in [1.165, 1.54) is 31.2 Å². The average Bonchev–Trinajstić information content (AvgIpc) is 2.74. The second-order valence-corrected chi connectivity index (χ2v) is 10.5. The van der Waals surface area contributed by atoms with Crippen molar-refractivity contribution in [3.8, 4) is 11.5 Å². The molecule has 3 heteroatoms. The summed E-state index contributed by atoms with van der Waals surface area (Å²) in [6.45, 7) is 11.5. The highest BCUT2D eigenvalue weighted by Gasteiger charge is 2.56. The molecule has 0 aromatic heterocycles. The van der Waals surface area contributed by atoms with E-state index in [0.717, 1.165) is 41.8 Å². The molecule has 0 N–H and O–H groups in total. The van der Waals surface area contributed by atoms with E-state index >= 15 is 0 Å². The third-order valence-electron chi connectivity index (χ3n) is 8.00. The molecule has 3 aliphatic carbocycles. The number of fused-ring (bicyclic) bond motifs is 1. The van der Waals surface area contributed by atoms with Crippen LogP contribution in [0.5, 0.6) is 11.5 Å². The fraction of sp³-hybridized carbons (Fsp3) is 0.667. The topological polar surface area (TPSA) is 35.5 Å². The minimum Gasteiger partial charge on any atom is -0.496 e. The SMILES string of the molecule is CCCCCCC(C)(C)c1cc(OC)c([C@H]2C=C(C=O)C3CC2C3(C)C)c(OC)c1. The summed E-state index contributed by atoms with van der Waals surface area (Å²) in [5.74, 6) is 2.81. The van der Waals surface area contributed by atoms with Crippen LogP contribution in [0.4, 0.5) is 0 Å². The zero-order valence-corrected chi connectivity index (χ0v) is 20.0. The van der Waals surface area contributed by atoms with Gasteiger partial charge in [0.2, 0.25) is 0 Å². The van der Waals surface area contributed by atoms with E-state index in [1.807, 2.05) is 0 Å². The molecule has 0 radical (unpaired) electrons. The van der Waals surface area contributed by atoms with Crippen molar-refractivity contribution in [3.05, 3.63) is 34.9 Å². The first kappa shape index (κ1) is 22.9. The Bertz CT molecular complexity index is 777. The van der Waals surface area contributed by atoms with Crippen LogP contribution in [0.1, 0.15) is 90.2 Å². The fourth-order valence-corrected chi connectivity index (χ4v) is 5.78. The lowest BCUT2D eigenvalue weighted by Gasteiger charge is -2.58. The van der Waals surface area contributed by atoms with Gasteiger partial charge in [0.05, 0.1) is 14.2 Å². The number of carbonyl (C=O) groups is 1. The molecule has 3 atom stereocenters. The first-order valence-electron chi connectivity index (χ1n) is 11.6. The average molecular weight is 413 g/mol. The fourth-order valence-electron chi connectivity index (χ4n) is 5.78. The predicted octanol–water partition coefficient (Wildman–Crippen LogP) is 6.84. The van der Waals surface area contributed by atoms with Gasteiger partial charge in [0.15, 0.2) is 0 Å². The van der Waals surface area contributed by atoms with Crippen molar-refractivity contribution in [2.24, 2.45) is 17.3 Å². The van der Waals surface area contributed by atoms with Gasteiger partial charge >= 0.3 is 0 Å². The molecule has 30 heavy (non-hydrogen) atoms. The summed E-state index contributed by atoms with van der Waals surface area (Å²) in [7, 11) is 3.50. The summed E-state index contributed by atoms with van der Waals surface area (Å²) < 4.78 is 11.9. The van der Waals surface area contributed by atoms with Crippen molar-refractivity contribution < 1.29 is 14.3 Å².